The highest BCUT2D eigenvalue weighted by atomic mass is 16.5. The van der Waals surface area contributed by atoms with Crippen molar-refractivity contribution < 1.29 is 4.74 Å². The molecule has 0 fully saturated rings. The van der Waals surface area contributed by atoms with Gasteiger partial charge < -0.3 is 10.1 Å². The van der Waals surface area contributed by atoms with E-state index in [0.29, 0.717) is 13.2 Å². The molecule has 4 heteroatoms. The number of ether oxygens (including phenoxy) is 1. The van der Waals surface area contributed by atoms with Gasteiger partial charge in [-0.3, -0.25) is 0 Å². The molecule has 1 N–H and O–H groups in total. The molecule has 1 rings (SSSR count). The molecule has 0 atom stereocenters. The number of aryl methyl sites for hydroxylation is 1. The lowest BCUT2D eigenvalue weighted by Gasteiger charge is -2.21. The third-order valence-electron chi connectivity index (χ3n) is 2.58. The maximum absolute atomic E-state index is 5.33. The average molecular weight is 251 g/mol. The Morgan fingerprint density at radius 2 is 2.00 bits per heavy atom. The van der Waals surface area contributed by atoms with Crippen molar-refractivity contribution in [3.8, 4) is 0 Å². The van der Waals surface area contributed by atoms with Crippen molar-refractivity contribution in [2.45, 2.75) is 59.7 Å². The zero-order valence-corrected chi connectivity index (χ0v) is 12.2. The lowest BCUT2D eigenvalue weighted by Crippen LogP contribution is -2.35. The van der Waals surface area contributed by atoms with Crippen LogP contribution in [-0.4, -0.2) is 22.1 Å². The van der Waals surface area contributed by atoms with Gasteiger partial charge >= 0.3 is 0 Å². The van der Waals surface area contributed by atoms with E-state index in [2.05, 4.69) is 43.0 Å². The molecule has 18 heavy (non-hydrogen) atoms. The van der Waals surface area contributed by atoms with Crippen LogP contribution in [0.5, 0.6) is 0 Å². The van der Waals surface area contributed by atoms with Crippen LogP contribution < -0.4 is 5.32 Å². The lowest BCUT2D eigenvalue weighted by atomic mass is 10.1. The van der Waals surface area contributed by atoms with Crippen molar-refractivity contribution in [2.75, 3.05) is 6.61 Å². The van der Waals surface area contributed by atoms with Crippen LogP contribution in [0, 0.1) is 0 Å². The predicted molar refractivity (Wildman–Crippen MR) is 73.3 cm³/mol. The van der Waals surface area contributed by atoms with E-state index in [9.17, 15) is 0 Å². The fourth-order valence-corrected chi connectivity index (χ4v) is 1.56. The number of nitrogens with one attached hydrogen (secondary N) is 1. The molecule has 1 heterocycles. The van der Waals surface area contributed by atoms with Crippen LogP contribution in [0.4, 0.5) is 0 Å². The van der Waals surface area contributed by atoms with Crippen LogP contribution in [0.1, 0.15) is 51.7 Å². The highest BCUT2D eigenvalue weighted by molar-refractivity contribution is 5.17. The Hall–Kier alpha value is -1.00. The van der Waals surface area contributed by atoms with Gasteiger partial charge in [-0.1, -0.05) is 6.92 Å². The van der Waals surface area contributed by atoms with Gasteiger partial charge in [0.1, 0.15) is 6.61 Å². The van der Waals surface area contributed by atoms with E-state index in [1.165, 1.54) is 5.56 Å². The van der Waals surface area contributed by atoms with E-state index < -0.39 is 0 Å². The van der Waals surface area contributed by atoms with Crippen molar-refractivity contribution in [1.82, 2.24) is 15.3 Å². The zero-order valence-electron chi connectivity index (χ0n) is 12.2. The van der Waals surface area contributed by atoms with Crippen molar-refractivity contribution in [2.24, 2.45) is 0 Å². The van der Waals surface area contributed by atoms with Crippen molar-refractivity contribution in [3.63, 3.8) is 0 Å². The monoisotopic (exact) mass is 251 g/mol. The highest BCUT2D eigenvalue weighted by Gasteiger charge is 2.11. The van der Waals surface area contributed by atoms with Gasteiger partial charge in [-0.25, -0.2) is 9.97 Å². The molecular weight excluding hydrogens is 226 g/mol. The fraction of sp³-hybridized carbons (Fsp3) is 0.714. The predicted octanol–water partition coefficient (Wildman–Crippen LogP) is 2.46. The molecule has 0 radical (unpaired) electrons. The molecule has 0 unspecified atom stereocenters. The van der Waals surface area contributed by atoms with Gasteiger partial charge in [-0.2, -0.15) is 0 Å². The van der Waals surface area contributed by atoms with E-state index in [1.54, 1.807) is 0 Å². The van der Waals surface area contributed by atoms with Gasteiger partial charge in [0.2, 0.25) is 0 Å². The third kappa shape index (κ3) is 5.10. The molecule has 0 aliphatic carbocycles. The zero-order chi connectivity index (χ0) is 13.6. The van der Waals surface area contributed by atoms with E-state index in [4.69, 9.17) is 4.74 Å². The molecule has 1 aromatic rings. The van der Waals surface area contributed by atoms with Crippen LogP contribution in [0.2, 0.25) is 0 Å². The molecule has 0 aromatic carbocycles. The maximum Gasteiger partial charge on any atom is 0.154 e. The van der Waals surface area contributed by atoms with Crippen LogP contribution >= 0.6 is 0 Å². The summed E-state index contributed by atoms with van der Waals surface area (Å²) >= 11 is 0. The molecule has 1 aromatic heterocycles. The second-order valence-corrected chi connectivity index (χ2v) is 5.35. The minimum Gasteiger partial charge on any atom is -0.374 e. The summed E-state index contributed by atoms with van der Waals surface area (Å²) in [4.78, 5) is 8.90. The first kappa shape index (κ1) is 15.1. The van der Waals surface area contributed by atoms with Crippen LogP contribution in [0.25, 0.3) is 0 Å². The molecule has 0 saturated heterocycles. The largest absolute Gasteiger partial charge is 0.374 e. The lowest BCUT2D eigenvalue weighted by molar-refractivity contribution is 0.128. The Balaban J connectivity index is 2.73. The van der Waals surface area contributed by atoms with Gasteiger partial charge in [0.05, 0.1) is 0 Å². The standard InChI is InChI=1S/C14H25N3O/c1-6-12-11(9-16-14(3,4)5)8-15-13(17-12)10-18-7-2/h8,16H,6-7,9-10H2,1-5H3. The molecule has 102 valence electrons. The Morgan fingerprint density at radius 3 is 2.56 bits per heavy atom. The molecule has 0 aliphatic rings. The average Bonchev–Trinajstić information content (AvgIpc) is 2.33. The molecule has 4 nitrogen and oxygen atoms in total. The first-order valence-corrected chi connectivity index (χ1v) is 6.62. The summed E-state index contributed by atoms with van der Waals surface area (Å²) in [6.45, 7) is 12.6. The van der Waals surface area contributed by atoms with Crippen molar-refractivity contribution in [1.29, 1.82) is 0 Å². The third-order valence-corrected chi connectivity index (χ3v) is 2.58. The van der Waals surface area contributed by atoms with E-state index in [-0.39, 0.29) is 5.54 Å². The summed E-state index contributed by atoms with van der Waals surface area (Å²) in [6, 6.07) is 0. The van der Waals surface area contributed by atoms with Gasteiger partial charge in [0.25, 0.3) is 0 Å². The summed E-state index contributed by atoms with van der Waals surface area (Å²) in [5, 5.41) is 3.46. The van der Waals surface area contributed by atoms with Gasteiger partial charge in [-0.05, 0) is 34.1 Å². The number of aromatic nitrogens is 2. The summed E-state index contributed by atoms with van der Waals surface area (Å²) < 4.78 is 5.33. The topological polar surface area (TPSA) is 47.0 Å². The van der Waals surface area contributed by atoms with Crippen LogP contribution in [0.3, 0.4) is 0 Å². The molecule has 0 bridgehead atoms. The number of hydrogen-bond donors (Lipinski definition) is 1. The van der Waals surface area contributed by atoms with Crippen molar-refractivity contribution >= 4 is 0 Å². The normalized spacial score (nSPS) is 11.8. The molecule has 0 saturated carbocycles. The fourth-order valence-electron chi connectivity index (χ4n) is 1.56. The van der Waals surface area contributed by atoms with Crippen LogP contribution in [-0.2, 0) is 24.3 Å². The van der Waals surface area contributed by atoms with E-state index in [0.717, 1.165) is 24.5 Å². The van der Waals surface area contributed by atoms with Gasteiger partial charge in [0.15, 0.2) is 5.82 Å². The SMILES string of the molecule is CCOCc1ncc(CNC(C)(C)C)c(CC)n1. The Morgan fingerprint density at radius 1 is 1.28 bits per heavy atom. The Kier molecular flexibility index (Phi) is 5.69. The number of rotatable bonds is 6. The van der Waals surface area contributed by atoms with E-state index >= 15 is 0 Å². The van der Waals surface area contributed by atoms with Crippen LogP contribution in [0.15, 0.2) is 6.20 Å². The Labute approximate surface area is 110 Å². The number of nitrogens with zero attached hydrogens (tertiary/aromatic N) is 2. The Bertz CT molecular complexity index is 372. The quantitative estimate of drug-likeness (QED) is 0.843. The summed E-state index contributed by atoms with van der Waals surface area (Å²) in [7, 11) is 0. The summed E-state index contributed by atoms with van der Waals surface area (Å²) in [5.74, 6) is 0.771. The first-order valence-electron chi connectivity index (χ1n) is 6.62. The van der Waals surface area contributed by atoms with Crippen molar-refractivity contribution in [3.05, 3.63) is 23.3 Å². The highest BCUT2D eigenvalue weighted by Crippen LogP contribution is 2.09. The molecule has 0 spiro atoms. The summed E-state index contributed by atoms with van der Waals surface area (Å²) in [6.07, 6.45) is 2.84. The first-order chi connectivity index (χ1) is 8.46. The second kappa shape index (κ2) is 6.81. The minimum absolute atomic E-state index is 0.106. The van der Waals surface area contributed by atoms with Gasteiger partial charge in [-0.15, -0.1) is 0 Å². The summed E-state index contributed by atoms with van der Waals surface area (Å²) in [5.41, 5.74) is 2.39. The second-order valence-electron chi connectivity index (χ2n) is 5.35. The smallest absolute Gasteiger partial charge is 0.154 e. The van der Waals surface area contributed by atoms with E-state index in [1.807, 2.05) is 13.1 Å². The molecule has 0 amide bonds. The van der Waals surface area contributed by atoms with Gasteiger partial charge in [0, 0.05) is 36.1 Å². The maximum atomic E-state index is 5.33. The molecular formula is C14H25N3O. The number of hydrogen-bond acceptors (Lipinski definition) is 4. The molecule has 0 aliphatic heterocycles. The minimum atomic E-state index is 0.106.